The number of halogens is 1. The second kappa shape index (κ2) is 6.53. The number of benzene rings is 1. The normalized spacial score (nSPS) is 17.1. The lowest BCUT2D eigenvalue weighted by molar-refractivity contribution is 0.556. The fraction of sp³-hybridized carbons (Fsp3) is 0.500. The summed E-state index contributed by atoms with van der Waals surface area (Å²) in [5.74, 6) is 0. The molecule has 1 aromatic rings. The highest BCUT2D eigenvalue weighted by molar-refractivity contribution is 9.10. The quantitative estimate of drug-likeness (QED) is 0.837. The molecule has 1 saturated heterocycles. The van der Waals surface area contributed by atoms with E-state index in [-0.39, 0.29) is 0 Å². The molecule has 0 aliphatic carbocycles. The van der Waals surface area contributed by atoms with Gasteiger partial charge in [-0.3, -0.25) is 0 Å². The van der Waals surface area contributed by atoms with Gasteiger partial charge in [0.05, 0.1) is 5.69 Å². The van der Waals surface area contributed by atoms with E-state index < -0.39 is 0 Å². The molecular weight excluding hydrogens is 308 g/mol. The van der Waals surface area contributed by atoms with Crippen LogP contribution in [0.4, 0.5) is 5.69 Å². The minimum atomic E-state index is 0.454. The van der Waals surface area contributed by atoms with Crippen LogP contribution >= 0.6 is 28.1 Å². The largest absolute Gasteiger partial charge is 0.389 e. The van der Waals surface area contributed by atoms with Gasteiger partial charge in [-0.25, -0.2) is 0 Å². The van der Waals surface area contributed by atoms with Crippen LogP contribution in [0.15, 0.2) is 22.7 Å². The molecule has 98 valence electrons. The molecule has 0 unspecified atom stereocenters. The fourth-order valence-electron chi connectivity index (χ4n) is 2.40. The molecule has 1 fully saturated rings. The van der Waals surface area contributed by atoms with Crippen LogP contribution in [0.25, 0.3) is 0 Å². The number of hydrogen-bond acceptors (Lipinski definition) is 2. The van der Waals surface area contributed by atoms with Crippen molar-refractivity contribution >= 4 is 38.8 Å². The van der Waals surface area contributed by atoms with E-state index in [0.717, 1.165) is 23.1 Å². The molecule has 4 heteroatoms. The van der Waals surface area contributed by atoms with Gasteiger partial charge in [-0.15, -0.1) is 0 Å². The van der Waals surface area contributed by atoms with Gasteiger partial charge in [0.2, 0.25) is 0 Å². The second-order valence-corrected chi connectivity index (χ2v) is 6.08. The van der Waals surface area contributed by atoms with Crippen LogP contribution in [-0.2, 0) is 0 Å². The topological polar surface area (TPSA) is 29.3 Å². The van der Waals surface area contributed by atoms with Gasteiger partial charge in [-0.05, 0) is 47.0 Å². The van der Waals surface area contributed by atoms with Crippen molar-refractivity contribution in [1.82, 2.24) is 0 Å². The Morgan fingerprint density at radius 3 is 2.28 bits per heavy atom. The first-order valence-electron chi connectivity index (χ1n) is 6.53. The average Bonchev–Trinajstić information content (AvgIpc) is 2.29. The molecule has 2 nitrogen and oxygen atoms in total. The molecule has 0 amide bonds. The van der Waals surface area contributed by atoms with Crippen LogP contribution in [0.3, 0.4) is 0 Å². The lowest BCUT2D eigenvalue weighted by Crippen LogP contribution is -2.27. The number of nitrogens with two attached hydrogens (primary N) is 1. The SMILES string of the molecule is NC(=S)c1ccc(N2CCCCCCC2)c(Br)c1. The standard InChI is InChI=1S/C14H19BrN2S/c15-12-10-11(14(16)18)6-7-13(12)17-8-4-2-1-3-5-9-17/h6-7,10H,1-5,8-9H2,(H2,16,18). The van der Waals surface area contributed by atoms with E-state index in [9.17, 15) is 0 Å². The van der Waals surface area contributed by atoms with E-state index in [2.05, 4.69) is 26.9 Å². The molecule has 0 aromatic heterocycles. The summed E-state index contributed by atoms with van der Waals surface area (Å²) in [5, 5.41) is 0. The minimum absolute atomic E-state index is 0.454. The van der Waals surface area contributed by atoms with E-state index in [4.69, 9.17) is 18.0 Å². The van der Waals surface area contributed by atoms with E-state index >= 15 is 0 Å². The molecule has 2 rings (SSSR count). The maximum atomic E-state index is 5.65. The highest BCUT2D eigenvalue weighted by Crippen LogP contribution is 2.29. The van der Waals surface area contributed by atoms with Gasteiger partial charge in [0.25, 0.3) is 0 Å². The number of thiocarbonyl (C=S) groups is 1. The lowest BCUT2D eigenvalue weighted by atomic mass is 10.1. The predicted octanol–water partition coefficient (Wildman–Crippen LogP) is 3.85. The Hall–Kier alpha value is -0.610. The van der Waals surface area contributed by atoms with E-state index in [1.807, 2.05) is 12.1 Å². The molecule has 18 heavy (non-hydrogen) atoms. The van der Waals surface area contributed by atoms with Crippen LogP contribution in [0.1, 0.15) is 37.7 Å². The highest BCUT2D eigenvalue weighted by Gasteiger charge is 2.12. The molecule has 2 N–H and O–H groups in total. The Morgan fingerprint density at radius 2 is 1.72 bits per heavy atom. The highest BCUT2D eigenvalue weighted by atomic mass is 79.9. The smallest absolute Gasteiger partial charge is 0.104 e. The minimum Gasteiger partial charge on any atom is -0.389 e. The summed E-state index contributed by atoms with van der Waals surface area (Å²) in [5.41, 5.74) is 7.84. The summed E-state index contributed by atoms with van der Waals surface area (Å²) in [6.45, 7) is 2.29. The number of hydrogen-bond donors (Lipinski definition) is 1. The molecule has 0 bridgehead atoms. The van der Waals surface area contributed by atoms with Crippen LogP contribution < -0.4 is 10.6 Å². The maximum Gasteiger partial charge on any atom is 0.104 e. The third-order valence-corrected chi connectivity index (χ3v) is 4.30. The van der Waals surface area contributed by atoms with E-state index in [1.165, 1.54) is 37.8 Å². The zero-order chi connectivity index (χ0) is 13.0. The molecular formula is C14H19BrN2S. The third-order valence-electron chi connectivity index (χ3n) is 3.43. The molecule has 1 heterocycles. The lowest BCUT2D eigenvalue weighted by Gasteiger charge is -2.28. The monoisotopic (exact) mass is 326 g/mol. The zero-order valence-corrected chi connectivity index (χ0v) is 12.9. The van der Waals surface area contributed by atoms with Gasteiger partial charge in [0, 0.05) is 23.1 Å². The molecule has 1 aliphatic heterocycles. The van der Waals surface area contributed by atoms with Crippen molar-refractivity contribution in [3.05, 3.63) is 28.2 Å². The Kier molecular flexibility index (Phi) is 5.01. The summed E-state index contributed by atoms with van der Waals surface area (Å²) in [4.78, 5) is 2.92. The number of nitrogens with zero attached hydrogens (tertiary/aromatic N) is 1. The van der Waals surface area contributed by atoms with Crippen LogP contribution in [0.5, 0.6) is 0 Å². The van der Waals surface area contributed by atoms with Crippen molar-refractivity contribution in [3.63, 3.8) is 0 Å². The molecule has 0 saturated carbocycles. The van der Waals surface area contributed by atoms with Gasteiger partial charge in [0.1, 0.15) is 4.99 Å². The summed E-state index contributed by atoms with van der Waals surface area (Å²) in [6, 6.07) is 6.16. The average molecular weight is 327 g/mol. The van der Waals surface area contributed by atoms with Crippen LogP contribution in [0, 0.1) is 0 Å². The molecule has 0 radical (unpaired) electrons. The van der Waals surface area contributed by atoms with Gasteiger partial charge >= 0.3 is 0 Å². The van der Waals surface area contributed by atoms with Crippen molar-refractivity contribution in [2.24, 2.45) is 5.73 Å². The molecule has 1 aliphatic rings. The van der Waals surface area contributed by atoms with Crippen molar-refractivity contribution in [1.29, 1.82) is 0 Å². The number of rotatable bonds is 2. The summed E-state index contributed by atoms with van der Waals surface area (Å²) in [7, 11) is 0. The number of anilines is 1. The van der Waals surface area contributed by atoms with Crippen LogP contribution in [-0.4, -0.2) is 18.1 Å². The Labute approximate surface area is 123 Å². The third kappa shape index (κ3) is 3.45. The first-order chi connectivity index (χ1) is 8.68. The fourth-order valence-corrected chi connectivity index (χ4v) is 3.16. The first-order valence-corrected chi connectivity index (χ1v) is 7.73. The predicted molar refractivity (Wildman–Crippen MR) is 85.3 cm³/mol. The molecule has 0 spiro atoms. The van der Waals surface area contributed by atoms with Gasteiger partial charge < -0.3 is 10.6 Å². The van der Waals surface area contributed by atoms with Crippen molar-refractivity contribution in [2.75, 3.05) is 18.0 Å². The van der Waals surface area contributed by atoms with Crippen LogP contribution in [0.2, 0.25) is 0 Å². The van der Waals surface area contributed by atoms with Gasteiger partial charge in [-0.1, -0.05) is 31.5 Å². The van der Waals surface area contributed by atoms with Crippen molar-refractivity contribution in [3.8, 4) is 0 Å². The summed E-state index contributed by atoms with van der Waals surface area (Å²) < 4.78 is 1.09. The summed E-state index contributed by atoms with van der Waals surface area (Å²) in [6.07, 6.45) is 6.64. The Balaban J connectivity index is 2.18. The van der Waals surface area contributed by atoms with Gasteiger partial charge in [0.15, 0.2) is 0 Å². The zero-order valence-electron chi connectivity index (χ0n) is 10.5. The molecule has 0 atom stereocenters. The Morgan fingerprint density at radius 1 is 1.11 bits per heavy atom. The Bertz CT molecular complexity index is 426. The van der Waals surface area contributed by atoms with E-state index in [1.54, 1.807) is 0 Å². The van der Waals surface area contributed by atoms with E-state index in [0.29, 0.717) is 4.99 Å². The molecule has 1 aromatic carbocycles. The van der Waals surface area contributed by atoms with Crippen molar-refractivity contribution < 1.29 is 0 Å². The van der Waals surface area contributed by atoms with Gasteiger partial charge in [-0.2, -0.15) is 0 Å². The first kappa shape index (κ1) is 13.8. The van der Waals surface area contributed by atoms with Crippen molar-refractivity contribution in [2.45, 2.75) is 32.1 Å². The second-order valence-electron chi connectivity index (χ2n) is 4.79. The summed E-state index contributed by atoms with van der Waals surface area (Å²) >= 11 is 8.64. The maximum absolute atomic E-state index is 5.65.